The Labute approximate surface area is 297 Å². The lowest BCUT2D eigenvalue weighted by atomic mass is 10.0. The molecule has 8 bridgehead atoms. The second kappa shape index (κ2) is 12.9. The summed E-state index contributed by atoms with van der Waals surface area (Å²) in [5.41, 5.74) is 11.7. The monoisotopic (exact) mass is 677 g/mol. The summed E-state index contributed by atoms with van der Waals surface area (Å²) in [4.78, 5) is 39.7. The number of carbonyl (C=O) groups excluding carboxylic acids is 1. The molecule has 9 rings (SSSR count). The van der Waals surface area contributed by atoms with Crippen LogP contribution in [-0.4, -0.2) is 40.9 Å². The molecule has 8 aromatic rings. The second-order valence-corrected chi connectivity index (χ2v) is 12.5. The quantitative estimate of drug-likeness (QED) is 0.159. The van der Waals surface area contributed by atoms with E-state index in [0.29, 0.717) is 5.75 Å². The van der Waals surface area contributed by atoms with Gasteiger partial charge in [0.25, 0.3) is 0 Å². The normalized spacial score (nSPS) is 12.6. The highest BCUT2D eigenvalue weighted by Crippen LogP contribution is 2.28. The number of hydrogen-bond acceptors (Lipinski definition) is 5. The summed E-state index contributed by atoms with van der Waals surface area (Å²) in [5.74, 6) is 0.121. The zero-order valence-corrected chi connectivity index (χ0v) is 28.0. The summed E-state index contributed by atoms with van der Waals surface area (Å²) in [6.07, 6.45) is 10.9. The van der Waals surface area contributed by atoms with E-state index in [0.717, 1.165) is 88.7 Å². The molecule has 0 amide bonds. The molecule has 0 saturated carbocycles. The van der Waals surface area contributed by atoms with Gasteiger partial charge in [-0.3, -0.25) is 19.7 Å². The Balaban J connectivity index is 1.40. The van der Waals surface area contributed by atoms with Crippen molar-refractivity contribution in [1.29, 1.82) is 0 Å². The average Bonchev–Trinajstić information content (AvgIpc) is 4.01. The number of pyridine rings is 3. The number of aromatic amines is 4. The Morgan fingerprint density at radius 1 is 0.404 bits per heavy atom. The Kier molecular flexibility index (Phi) is 7.63. The molecule has 0 radical (unpaired) electrons. The molecule has 9 heteroatoms. The molecule has 4 N–H and O–H groups in total. The molecule has 1 aromatic carbocycles. The highest BCUT2D eigenvalue weighted by atomic mass is 16.5. The molecule has 7 aromatic heterocycles. The van der Waals surface area contributed by atoms with Crippen LogP contribution in [0.15, 0.2) is 146 Å². The summed E-state index contributed by atoms with van der Waals surface area (Å²) in [7, 11) is 0. The Bertz CT molecular complexity index is 2830. The van der Waals surface area contributed by atoms with Crippen LogP contribution in [0.5, 0.6) is 5.75 Å². The summed E-state index contributed by atoms with van der Waals surface area (Å²) in [6, 6.07) is 36.6. The SMILES string of the molecule is CC(=O)Oc1ccc(C2=c3ccc([nH]3)=C(c3ccncc3)c3ccc([nH]3)C(c3ccncc3)=c3ccc([nH]3)=C(c3ccncc3)c3ccc2[nH]3)cc1. The zero-order chi connectivity index (χ0) is 35.0. The number of nitrogens with one attached hydrogen (secondary N) is 4. The van der Waals surface area contributed by atoms with Crippen molar-refractivity contribution in [2.24, 2.45) is 0 Å². The van der Waals surface area contributed by atoms with E-state index in [1.165, 1.54) is 6.92 Å². The van der Waals surface area contributed by atoms with Gasteiger partial charge in [0.15, 0.2) is 0 Å². The molecule has 0 atom stereocenters. The summed E-state index contributed by atoms with van der Waals surface area (Å²) < 4.78 is 5.37. The van der Waals surface area contributed by atoms with Crippen LogP contribution in [0.3, 0.4) is 0 Å². The van der Waals surface area contributed by atoms with Crippen molar-refractivity contribution >= 4 is 28.3 Å². The van der Waals surface area contributed by atoms with E-state index in [1.807, 2.05) is 97.8 Å². The number of esters is 1. The van der Waals surface area contributed by atoms with E-state index in [9.17, 15) is 4.79 Å². The predicted octanol–water partition coefficient (Wildman–Crippen LogP) is 4.41. The zero-order valence-electron chi connectivity index (χ0n) is 28.0. The molecule has 8 heterocycles. The van der Waals surface area contributed by atoms with E-state index in [2.05, 4.69) is 83.4 Å². The van der Waals surface area contributed by atoms with Crippen LogP contribution < -0.4 is 26.1 Å². The first-order chi connectivity index (χ1) is 25.6. The molecular weight excluding hydrogens is 647 g/mol. The molecule has 0 spiro atoms. The van der Waals surface area contributed by atoms with Gasteiger partial charge in [0.1, 0.15) is 5.75 Å². The first-order valence-electron chi connectivity index (χ1n) is 16.9. The van der Waals surface area contributed by atoms with Crippen LogP contribution >= 0.6 is 0 Å². The fraction of sp³-hybridized carbons (Fsp3) is 0.0233. The van der Waals surface area contributed by atoms with Crippen LogP contribution in [0.2, 0.25) is 0 Å². The minimum absolute atomic E-state index is 0.364. The molecule has 0 saturated heterocycles. The van der Waals surface area contributed by atoms with E-state index in [-0.39, 0.29) is 5.97 Å². The van der Waals surface area contributed by atoms with E-state index in [4.69, 9.17) is 4.74 Å². The summed E-state index contributed by atoms with van der Waals surface area (Å²) in [6.45, 7) is 1.40. The van der Waals surface area contributed by atoms with Gasteiger partial charge in [-0.1, -0.05) is 12.1 Å². The van der Waals surface area contributed by atoms with Gasteiger partial charge in [0, 0.05) is 111 Å². The van der Waals surface area contributed by atoms with E-state index >= 15 is 0 Å². The molecule has 0 fully saturated rings. The van der Waals surface area contributed by atoms with Crippen molar-refractivity contribution in [2.45, 2.75) is 6.92 Å². The lowest BCUT2D eigenvalue weighted by Crippen LogP contribution is -2.19. The number of ether oxygens (including phenoxy) is 1. The van der Waals surface area contributed by atoms with Gasteiger partial charge in [-0.2, -0.15) is 0 Å². The number of H-pyrrole nitrogens is 4. The highest BCUT2D eigenvalue weighted by molar-refractivity contribution is 5.84. The number of aromatic nitrogens is 7. The van der Waals surface area contributed by atoms with Crippen LogP contribution in [-0.2, 0) is 4.79 Å². The summed E-state index contributed by atoms with van der Waals surface area (Å²) >= 11 is 0. The van der Waals surface area contributed by atoms with Crippen molar-refractivity contribution in [3.8, 4) is 5.75 Å². The van der Waals surface area contributed by atoms with Gasteiger partial charge >= 0.3 is 5.97 Å². The van der Waals surface area contributed by atoms with E-state index in [1.54, 1.807) is 0 Å². The van der Waals surface area contributed by atoms with E-state index < -0.39 is 0 Å². The smallest absolute Gasteiger partial charge is 0.308 e. The fourth-order valence-electron chi connectivity index (χ4n) is 6.98. The van der Waals surface area contributed by atoms with Gasteiger partial charge in [-0.25, -0.2) is 0 Å². The Morgan fingerprint density at radius 3 is 1.02 bits per heavy atom. The van der Waals surface area contributed by atoms with Crippen molar-refractivity contribution in [3.63, 3.8) is 0 Å². The Hall–Kier alpha value is -7.26. The van der Waals surface area contributed by atoms with Crippen molar-refractivity contribution in [1.82, 2.24) is 34.9 Å². The number of hydrogen-bond donors (Lipinski definition) is 4. The van der Waals surface area contributed by atoms with Gasteiger partial charge in [-0.05, 0) is 119 Å². The predicted molar refractivity (Wildman–Crippen MR) is 199 cm³/mol. The van der Waals surface area contributed by atoms with Crippen LogP contribution in [0, 0.1) is 0 Å². The number of carbonyl (C=O) groups is 1. The van der Waals surface area contributed by atoms with Crippen molar-refractivity contribution in [2.75, 3.05) is 0 Å². The van der Waals surface area contributed by atoms with Gasteiger partial charge in [-0.15, -0.1) is 0 Å². The number of fused-ring (bicyclic) bond motifs is 8. The largest absolute Gasteiger partial charge is 0.427 e. The first-order valence-corrected chi connectivity index (χ1v) is 16.9. The number of nitrogens with zero attached hydrogens (tertiary/aromatic N) is 3. The third-order valence-corrected chi connectivity index (χ3v) is 9.21. The Morgan fingerprint density at radius 2 is 0.712 bits per heavy atom. The first kappa shape index (κ1) is 30.8. The molecule has 1 aliphatic heterocycles. The van der Waals surface area contributed by atoms with Gasteiger partial charge in [0.05, 0.1) is 0 Å². The lowest BCUT2D eigenvalue weighted by molar-refractivity contribution is -0.131. The lowest BCUT2D eigenvalue weighted by Gasteiger charge is -2.10. The van der Waals surface area contributed by atoms with Gasteiger partial charge in [0.2, 0.25) is 0 Å². The molecule has 0 aliphatic carbocycles. The average molecular weight is 678 g/mol. The summed E-state index contributed by atoms with van der Waals surface area (Å²) in [5, 5.41) is 3.73. The number of rotatable bonds is 5. The van der Waals surface area contributed by atoms with Crippen LogP contribution in [0.25, 0.3) is 22.3 Å². The second-order valence-electron chi connectivity index (χ2n) is 12.5. The molecule has 0 unspecified atom stereocenters. The maximum Gasteiger partial charge on any atom is 0.308 e. The minimum atomic E-state index is -0.364. The van der Waals surface area contributed by atoms with Crippen molar-refractivity contribution < 1.29 is 9.53 Å². The maximum atomic E-state index is 11.7. The minimum Gasteiger partial charge on any atom is -0.427 e. The highest BCUT2D eigenvalue weighted by Gasteiger charge is 2.18. The van der Waals surface area contributed by atoms with Gasteiger partial charge < -0.3 is 24.7 Å². The number of benzene rings is 1. The third-order valence-electron chi connectivity index (χ3n) is 9.21. The topological polar surface area (TPSA) is 128 Å². The molecular formula is C43H31N7O2. The fourth-order valence-corrected chi connectivity index (χ4v) is 6.98. The molecule has 52 heavy (non-hydrogen) atoms. The standard InChI is InChI=1S/C43H31N7O2/c1-26(51)52-31-4-2-27(3-5-31)40-32-6-8-34(47-32)41(28-14-20-44-21-15-28)36-10-12-38(49-36)43(30-18-24-46-25-19-30)39-13-11-37(50-39)42(29-16-22-45-23-17-29)35-9-7-33(40)48-35/h2-25,47-50H,1H3. The van der Waals surface area contributed by atoms with Crippen LogP contribution in [0.4, 0.5) is 0 Å². The molecule has 1 aliphatic rings. The molecule has 9 nitrogen and oxygen atoms in total. The third kappa shape index (κ3) is 5.66. The van der Waals surface area contributed by atoms with Crippen molar-refractivity contribution in [3.05, 3.63) is 213 Å². The molecule has 250 valence electrons. The maximum absolute atomic E-state index is 11.7. The van der Waals surface area contributed by atoms with Crippen LogP contribution in [0.1, 0.15) is 52.0 Å².